The van der Waals surface area contributed by atoms with Crippen LogP contribution in [0.15, 0.2) is 11.6 Å². The lowest BCUT2D eigenvalue weighted by Crippen LogP contribution is -2.35. The molecule has 0 N–H and O–H groups in total. The van der Waals surface area contributed by atoms with Gasteiger partial charge in [0.25, 0.3) is 0 Å². The van der Waals surface area contributed by atoms with Crippen molar-refractivity contribution in [3.63, 3.8) is 0 Å². The Kier molecular flexibility index (Phi) is 4.18. The molecular formula is C10H18O2. The molecule has 0 aliphatic rings. The molecule has 12 heavy (non-hydrogen) atoms. The van der Waals surface area contributed by atoms with Crippen LogP contribution in [0, 0.1) is 0 Å². The molecule has 70 valence electrons. The Morgan fingerprint density at radius 2 is 2.00 bits per heavy atom. The van der Waals surface area contributed by atoms with Gasteiger partial charge in [0, 0.05) is 7.11 Å². The summed E-state index contributed by atoms with van der Waals surface area (Å²) >= 11 is 0. The highest BCUT2D eigenvalue weighted by atomic mass is 16.5. The van der Waals surface area contributed by atoms with Crippen LogP contribution in [0.1, 0.15) is 34.1 Å². The Bertz CT molecular complexity index is 184. The maximum Gasteiger partial charge on any atom is 0.187 e. The third-order valence-electron chi connectivity index (χ3n) is 2.07. The molecule has 0 aromatic rings. The van der Waals surface area contributed by atoms with E-state index in [1.165, 1.54) is 0 Å². The first kappa shape index (κ1) is 11.4. The monoisotopic (exact) mass is 170 g/mol. The summed E-state index contributed by atoms with van der Waals surface area (Å²) in [6, 6.07) is 0. The zero-order valence-corrected chi connectivity index (χ0v) is 8.60. The van der Waals surface area contributed by atoms with Crippen LogP contribution < -0.4 is 0 Å². The van der Waals surface area contributed by atoms with E-state index in [1.807, 2.05) is 27.7 Å². The van der Waals surface area contributed by atoms with Gasteiger partial charge >= 0.3 is 0 Å². The summed E-state index contributed by atoms with van der Waals surface area (Å²) in [6.45, 7) is 7.57. The number of allylic oxidation sites excluding steroid dienone is 1. The molecule has 1 unspecified atom stereocenters. The third kappa shape index (κ3) is 2.78. The van der Waals surface area contributed by atoms with E-state index in [2.05, 4.69) is 0 Å². The number of hydrogen-bond acceptors (Lipinski definition) is 2. The molecule has 0 radical (unpaired) electrons. The van der Waals surface area contributed by atoms with E-state index in [1.54, 1.807) is 13.2 Å². The molecular weight excluding hydrogens is 152 g/mol. The van der Waals surface area contributed by atoms with Crippen molar-refractivity contribution < 1.29 is 9.53 Å². The minimum Gasteiger partial charge on any atom is -0.370 e. The van der Waals surface area contributed by atoms with Crippen molar-refractivity contribution in [2.45, 2.75) is 39.7 Å². The Morgan fingerprint density at radius 1 is 1.50 bits per heavy atom. The molecule has 0 aliphatic carbocycles. The maximum atomic E-state index is 11.5. The average molecular weight is 170 g/mol. The van der Waals surface area contributed by atoms with Gasteiger partial charge in [-0.1, -0.05) is 12.5 Å². The first-order valence-electron chi connectivity index (χ1n) is 4.20. The third-order valence-corrected chi connectivity index (χ3v) is 2.07. The summed E-state index contributed by atoms with van der Waals surface area (Å²) in [5.41, 5.74) is 0.369. The first-order chi connectivity index (χ1) is 5.46. The van der Waals surface area contributed by atoms with Crippen LogP contribution >= 0.6 is 0 Å². The predicted octanol–water partition coefficient (Wildman–Crippen LogP) is 2.34. The second kappa shape index (κ2) is 4.41. The predicted molar refractivity (Wildman–Crippen MR) is 50.1 cm³/mol. The molecule has 0 aromatic carbocycles. The highest BCUT2D eigenvalue weighted by molar-refractivity contribution is 5.97. The van der Waals surface area contributed by atoms with Crippen molar-refractivity contribution in [1.29, 1.82) is 0 Å². The van der Waals surface area contributed by atoms with Crippen molar-refractivity contribution >= 4 is 5.78 Å². The van der Waals surface area contributed by atoms with Crippen molar-refractivity contribution in [2.75, 3.05) is 7.11 Å². The Morgan fingerprint density at radius 3 is 2.25 bits per heavy atom. The Labute approximate surface area is 74.6 Å². The molecule has 2 nitrogen and oxygen atoms in total. The topological polar surface area (TPSA) is 26.3 Å². The van der Waals surface area contributed by atoms with Gasteiger partial charge in [-0.25, -0.2) is 0 Å². The van der Waals surface area contributed by atoms with E-state index in [0.717, 1.165) is 5.57 Å². The fourth-order valence-electron chi connectivity index (χ4n) is 0.834. The first-order valence-corrected chi connectivity index (χ1v) is 4.20. The molecule has 0 saturated carbocycles. The van der Waals surface area contributed by atoms with Crippen LogP contribution in [-0.4, -0.2) is 18.5 Å². The molecule has 0 aromatic heterocycles. The second-order valence-corrected chi connectivity index (χ2v) is 3.37. The SMILES string of the molecule is CCC(C)(OC)C(=O)C=C(C)C. The van der Waals surface area contributed by atoms with Crippen LogP contribution in [0.2, 0.25) is 0 Å². The van der Waals surface area contributed by atoms with Gasteiger partial charge in [0.2, 0.25) is 0 Å². The minimum absolute atomic E-state index is 0.0486. The molecule has 0 heterocycles. The minimum atomic E-state index is -0.642. The molecule has 2 heteroatoms. The molecule has 0 bridgehead atoms. The molecule has 0 rings (SSSR count). The maximum absolute atomic E-state index is 11.5. The van der Waals surface area contributed by atoms with Crippen LogP contribution in [0.4, 0.5) is 0 Å². The summed E-state index contributed by atoms with van der Waals surface area (Å²) in [4.78, 5) is 11.5. The van der Waals surface area contributed by atoms with Crippen molar-refractivity contribution in [2.24, 2.45) is 0 Å². The van der Waals surface area contributed by atoms with E-state index >= 15 is 0 Å². The lowest BCUT2D eigenvalue weighted by Gasteiger charge is -2.23. The number of ether oxygens (including phenoxy) is 1. The molecule has 0 aliphatic heterocycles. The van der Waals surface area contributed by atoms with Crippen LogP contribution in [0.5, 0.6) is 0 Å². The second-order valence-electron chi connectivity index (χ2n) is 3.37. The van der Waals surface area contributed by atoms with Gasteiger partial charge in [0.1, 0.15) is 5.60 Å². The summed E-state index contributed by atoms with van der Waals surface area (Å²) < 4.78 is 5.16. The van der Waals surface area contributed by atoms with Gasteiger partial charge in [-0.2, -0.15) is 0 Å². The largest absolute Gasteiger partial charge is 0.370 e. The van der Waals surface area contributed by atoms with Gasteiger partial charge in [-0.05, 0) is 33.3 Å². The van der Waals surface area contributed by atoms with Crippen LogP contribution in [0.25, 0.3) is 0 Å². The van der Waals surface area contributed by atoms with E-state index < -0.39 is 5.60 Å². The Hall–Kier alpha value is -0.630. The number of carbonyl (C=O) groups excluding carboxylic acids is 1. The number of methoxy groups -OCH3 is 1. The van der Waals surface area contributed by atoms with Gasteiger partial charge in [-0.3, -0.25) is 4.79 Å². The molecule has 0 amide bonds. The lowest BCUT2D eigenvalue weighted by atomic mass is 9.96. The summed E-state index contributed by atoms with van der Waals surface area (Å²) in [6.07, 6.45) is 2.33. The fourth-order valence-corrected chi connectivity index (χ4v) is 0.834. The standard InChI is InChI=1S/C10H18O2/c1-6-10(4,12-5)9(11)7-8(2)3/h7H,6H2,1-5H3. The fraction of sp³-hybridized carbons (Fsp3) is 0.700. The Balaban J connectivity index is 4.54. The van der Waals surface area contributed by atoms with Gasteiger partial charge in [0.05, 0.1) is 0 Å². The van der Waals surface area contributed by atoms with Gasteiger partial charge in [-0.15, -0.1) is 0 Å². The molecule has 0 saturated heterocycles. The van der Waals surface area contributed by atoms with Crippen LogP contribution in [0.3, 0.4) is 0 Å². The summed E-state index contributed by atoms with van der Waals surface area (Å²) in [5.74, 6) is 0.0486. The van der Waals surface area contributed by atoms with Crippen molar-refractivity contribution in [3.8, 4) is 0 Å². The smallest absolute Gasteiger partial charge is 0.187 e. The zero-order chi connectivity index (χ0) is 9.78. The highest BCUT2D eigenvalue weighted by Gasteiger charge is 2.28. The van der Waals surface area contributed by atoms with E-state index in [0.29, 0.717) is 6.42 Å². The zero-order valence-electron chi connectivity index (χ0n) is 8.60. The van der Waals surface area contributed by atoms with Crippen molar-refractivity contribution in [3.05, 3.63) is 11.6 Å². The van der Waals surface area contributed by atoms with E-state index in [9.17, 15) is 4.79 Å². The van der Waals surface area contributed by atoms with E-state index in [-0.39, 0.29) is 5.78 Å². The quantitative estimate of drug-likeness (QED) is 0.605. The number of hydrogen-bond donors (Lipinski definition) is 0. The lowest BCUT2D eigenvalue weighted by molar-refractivity contribution is -0.134. The number of rotatable bonds is 4. The molecule has 1 atom stereocenters. The number of ketones is 1. The number of carbonyl (C=O) groups is 1. The van der Waals surface area contributed by atoms with E-state index in [4.69, 9.17) is 4.74 Å². The molecule has 0 fully saturated rings. The highest BCUT2D eigenvalue weighted by Crippen LogP contribution is 2.16. The van der Waals surface area contributed by atoms with Gasteiger partial charge < -0.3 is 4.74 Å². The average Bonchev–Trinajstić information content (AvgIpc) is 2.02. The summed E-state index contributed by atoms with van der Waals surface area (Å²) in [7, 11) is 1.57. The molecule has 0 spiro atoms. The van der Waals surface area contributed by atoms with Crippen molar-refractivity contribution in [1.82, 2.24) is 0 Å². The van der Waals surface area contributed by atoms with Crippen LogP contribution in [-0.2, 0) is 9.53 Å². The summed E-state index contributed by atoms with van der Waals surface area (Å²) in [5, 5.41) is 0. The van der Waals surface area contributed by atoms with Gasteiger partial charge in [0.15, 0.2) is 5.78 Å². The normalized spacial score (nSPS) is 15.1.